The smallest absolute Gasteiger partial charge is 0.0712 e. The van der Waals surface area contributed by atoms with Crippen molar-refractivity contribution in [1.29, 1.82) is 0 Å². The van der Waals surface area contributed by atoms with Crippen molar-refractivity contribution < 1.29 is 5.11 Å². The number of aromatic nitrogens is 1. The van der Waals surface area contributed by atoms with Crippen molar-refractivity contribution in [1.82, 2.24) is 9.47 Å². The zero-order chi connectivity index (χ0) is 24.4. The van der Waals surface area contributed by atoms with E-state index in [-0.39, 0.29) is 12.4 Å². The monoisotopic (exact) mass is 542 g/mol. The molecule has 190 valence electrons. The molecule has 3 aromatic carbocycles. The number of hydrogen-bond acceptors (Lipinski definition) is 2. The first-order valence-corrected chi connectivity index (χ1v) is 13.2. The Morgan fingerprint density at radius 1 is 0.889 bits per heavy atom. The molecule has 4 aromatic rings. The number of halogens is 3. The molecule has 5 rings (SSSR count). The number of fused-ring (bicyclic) bond motifs is 1. The average Bonchev–Trinajstić information content (AvgIpc) is 3.12. The van der Waals surface area contributed by atoms with E-state index in [2.05, 4.69) is 52.9 Å². The molecule has 0 atom stereocenters. The third-order valence-electron chi connectivity index (χ3n) is 7.45. The lowest BCUT2D eigenvalue weighted by atomic mass is 9.85. The van der Waals surface area contributed by atoms with Gasteiger partial charge in [0.05, 0.1) is 11.3 Å². The predicted octanol–water partition coefficient (Wildman–Crippen LogP) is 7.58. The normalized spacial score (nSPS) is 15.7. The number of piperidine rings is 1. The first-order valence-electron chi connectivity index (χ1n) is 12.4. The molecule has 1 saturated heterocycles. The standard InChI is InChI=1S/C30H32Cl2N2O.ClH/c1-33-28-14-13-25(32)20-27(28)26(29(33)23-9-11-24(31)12-10-23)8-5-17-34-18-15-30(35,16-19-34)21-22-6-3-2-4-7-22;/h2-4,6-7,9-14,20,35H,5,8,15-19,21H2,1H3;1H. The minimum Gasteiger partial charge on any atom is -0.389 e. The van der Waals surface area contributed by atoms with Crippen LogP contribution >= 0.6 is 35.6 Å². The summed E-state index contributed by atoms with van der Waals surface area (Å²) in [6.45, 7) is 2.90. The molecule has 0 aliphatic carbocycles. The van der Waals surface area contributed by atoms with Crippen LogP contribution in [-0.2, 0) is 19.9 Å². The molecule has 3 nitrogen and oxygen atoms in total. The second-order valence-electron chi connectivity index (χ2n) is 9.89. The number of aryl methyl sites for hydroxylation is 2. The van der Waals surface area contributed by atoms with Crippen molar-refractivity contribution in [2.75, 3.05) is 19.6 Å². The van der Waals surface area contributed by atoms with Gasteiger partial charge < -0.3 is 14.6 Å². The van der Waals surface area contributed by atoms with Crippen molar-refractivity contribution >= 4 is 46.5 Å². The highest BCUT2D eigenvalue weighted by Gasteiger charge is 2.32. The van der Waals surface area contributed by atoms with Gasteiger partial charge in [0.25, 0.3) is 0 Å². The number of nitrogens with zero attached hydrogens (tertiary/aromatic N) is 2. The molecule has 0 radical (unpaired) electrons. The van der Waals surface area contributed by atoms with Gasteiger partial charge in [-0.15, -0.1) is 12.4 Å². The summed E-state index contributed by atoms with van der Waals surface area (Å²) in [6.07, 6.45) is 4.41. The number of benzene rings is 3. The Hall–Kier alpha value is -2.01. The highest BCUT2D eigenvalue weighted by molar-refractivity contribution is 6.31. The van der Waals surface area contributed by atoms with E-state index in [1.807, 2.05) is 36.4 Å². The summed E-state index contributed by atoms with van der Waals surface area (Å²) in [5.41, 5.74) is 5.56. The van der Waals surface area contributed by atoms with E-state index in [0.717, 1.165) is 61.8 Å². The molecule has 1 N–H and O–H groups in total. The van der Waals surface area contributed by atoms with Crippen LogP contribution in [0.3, 0.4) is 0 Å². The van der Waals surface area contributed by atoms with E-state index >= 15 is 0 Å². The molecule has 0 unspecified atom stereocenters. The third kappa shape index (κ3) is 5.93. The zero-order valence-corrected chi connectivity index (χ0v) is 22.9. The van der Waals surface area contributed by atoms with Crippen molar-refractivity contribution in [3.63, 3.8) is 0 Å². The van der Waals surface area contributed by atoms with E-state index < -0.39 is 5.60 Å². The molecule has 0 bridgehead atoms. The molecule has 0 saturated carbocycles. The van der Waals surface area contributed by atoms with Gasteiger partial charge in [-0.1, -0.05) is 65.7 Å². The lowest BCUT2D eigenvalue weighted by Gasteiger charge is -2.38. The van der Waals surface area contributed by atoms with Crippen LogP contribution in [0.15, 0.2) is 72.8 Å². The molecule has 0 spiro atoms. The fourth-order valence-electron chi connectivity index (χ4n) is 5.55. The van der Waals surface area contributed by atoms with Gasteiger partial charge in [0.15, 0.2) is 0 Å². The SMILES string of the molecule is Cl.Cn1c(-c2ccc(Cl)cc2)c(CCCN2CCC(O)(Cc3ccccc3)CC2)c2cc(Cl)ccc21. The molecule has 2 heterocycles. The molecule has 0 amide bonds. The second-order valence-corrected chi connectivity index (χ2v) is 10.8. The van der Waals surface area contributed by atoms with Gasteiger partial charge in [-0.2, -0.15) is 0 Å². The summed E-state index contributed by atoms with van der Waals surface area (Å²) < 4.78 is 2.27. The summed E-state index contributed by atoms with van der Waals surface area (Å²) in [4.78, 5) is 2.50. The second kappa shape index (κ2) is 11.6. The molecule has 1 aliphatic heterocycles. The number of hydrogen-bond donors (Lipinski definition) is 1. The summed E-state index contributed by atoms with van der Waals surface area (Å²) in [5, 5.41) is 13.9. The largest absolute Gasteiger partial charge is 0.389 e. The quantitative estimate of drug-likeness (QED) is 0.260. The van der Waals surface area contributed by atoms with Crippen molar-refractivity contribution in [2.24, 2.45) is 7.05 Å². The predicted molar refractivity (Wildman–Crippen MR) is 155 cm³/mol. The molecule has 1 aliphatic rings. The summed E-state index contributed by atoms with van der Waals surface area (Å²) in [7, 11) is 2.13. The van der Waals surface area contributed by atoms with Crippen LogP contribution < -0.4 is 0 Å². The van der Waals surface area contributed by atoms with E-state index in [9.17, 15) is 5.11 Å². The lowest BCUT2D eigenvalue weighted by molar-refractivity contribution is -0.0207. The number of rotatable bonds is 7. The Labute approximate surface area is 230 Å². The van der Waals surface area contributed by atoms with Crippen molar-refractivity contribution in [2.45, 2.75) is 37.7 Å². The van der Waals surface area contributed by atoms with Crippen LogP contribution in [0.25, 0.3) is 22.2 Å². The fourth-order valence-corrected chi connectivity index (χ4v) is 5.84. The van der Waals surface area contributed by atoms with E-state index in [1.165, 1.54) is 33.3 Å². The highest BCUT2D eigenvalue weighted by Crippen LogP contribution is 2.36. The maximum Gasteiger partial charge on any atom is 0.0712 e. The molecule has 1 aromatic heterocycles. The minimum absolute atomic E-state index is 0. The van der Waals surface area contributed by atoms with Gasteiger partial charge in [-0.3, -0.25) is 0 Å². The maximum absolute atomic E-state index is 11.1. The van der Waals surface area contributed by atoms with Crippen LogP contribution in [0, 0.1) is 0 Å². The van der Waals surface area contributed by atoms with Crippen LogP contribution in [0.2, 0.25) is 10.0 Å². The molecule has 6 heteroatoms. The molecular formula is C30H33Cl3N2O. The van der Waals surface area contributed by atoms with E-state index in [0.29, 0.717) is 0 Å². The molecule has 1 fully saturated rings. The Morgan fingerprint density at radius 2 is 1.56 bits per heavy atom. The van der Waals surface area contributed by atoms with Gasteiger partial charge in [-0.25, -0.2) is 0 Å². The van der Waals surface area contributed by atoms with Crippen LogP contribution in [0.1, 0.15) is 30.4 Å². The average molecular weight is 544 g/mol. The zero-order valence-electron chi connectivity index (χ0n) is 20.6. The first kappa shape index (κ1) is 27.0. The molecular weight excluding hydrogens is 511 g/mol. The highest BCUT2D eigenvalue weighted by atomic mass is 35.5. The van der Waals surface area contributed by atoms with E-state index in [1.54, 1.807) is 0 Å². The van der Waals surface area contributed by atoms with Gasteiger partial charge in [0, 0.05) is 47.5 Å². The summed E-state index contributed by atoms with van der Waals surface area (Å²) in [6, 6.07) is 24.6. The Bertz CT molecular complexity index is 1290. The first-order chi connectivity index (χ1) is 16.9. The minimum atomic E-state index is -0.591. The number of likely N-dealkylation sites (tertiary alicyclic amines) is 1. The van der Waals surface area contributed by atoms with Crippen LogP contribution in [0.4, 0.5) is 0 Å². The lowest BCUT2D eigenvalue weighted by Crippen LogP contribution is -2.45. The fraction of sp³-hybridized carbons (Fsp3) is 0.333. The Balaban J connectivity index is 0.00000304. The van der Waals surface area contributed by atoms with E-state index in [4.69, 9.17) is 23.2 Å². The summed E-state index contributed by atoms with van der Waals surface area (Å²) >= 11 is 12.6. The Morgan fingerprint density at radius 3 is 2.25 bits per heavy atom. The van der Waals surface area contributed by atoms with Crippen LogP contribution in [-0.4, -0.2) is 39.8 Å². The Kier molecular flexibility index (Phi) is 8.70. The summed E-state index contributed by atoms with van der Waals surface area (Å²) in [5.74, 6) is 0. The topological polar surface area (TPSA) is 28.4 Å². The van der Waals surface area contributed by atoms with Crippen molar-refractivity contribution in [3.8, 4) is 11.3 Å². The van der Waals surface area contributed by atoms with Gasteiger partial charge >= 0.3 is 0 Å². The maximum atomic E-state index is 11.1. The van der Waals surface area contributed by atoms with Gasteiger partial charge in [-0.05, 0) is 79.3 Å². The van der Waals surface area contributed by atoms with Crippen molar-refractivity contribution in [3.05, 3.63) is 94.0 Å². The molecule has 36 heavy (non-hydrogen) atoms. The van der Waals surface area contributed by atoms with Crippen LogP contribution in [0.5, 0.6) is 0 Å². The third-order valence-corrected chi connectivity index (χ3v) is 7.93. The van der Waals surface area contributed by atoms with Gasteiger partial charge in [0.1, 0.15) is 0 Å². The number of aliphatic hydroxyl groups is 1. The van der Waals surface area contributed by atoms with Gasteiger partial charge in [0.2, 0.25) is 0 Å².